The van der Waals surface area contributed by atoms with Crippen LogP contribution in [-0.4, -0.2) is 24.8 Å². The van der Waals surface area contributed by atoms with Gasteiger partial charge in [0.1, 0.15) is 0 Å². The van der Waals surface area contributed by atoms with Crippen molar-refractivity contribution in [2.24, 2.45) is 5.41 Å². The molecule has 2 rings (SSSR count). The average molecular weight is 211 g/mol. The minimum absolute atomic E-state index is 0.118. The van der Waals surface area contributed by atoms with E-state index in [2.05, 4.69) is 26.1 Å². The van der Waals surface area contributed by atoms with Crippen LogP contribution in [0.4, 0.5) is 0 Å². The van der Waals surface area contributed by atoms with Crippen molar-refractivity contribution in [1.82, 2.24) is 5.32 Å². The second kappa shape index (κ2) is 4.06. The van der Waals surface area contributed by atoms with Gasteiger partial charge in [-0.2, -0.15) is 0 Å². The normalized spacial score (nSPS) is 32.6. The number of nitrogens with one attached hydrogen (secondary N) is 1. The molecule has 1 saturated carbocycles. The van der Waals surface area contributed by atoms with Crippen molar-refractivity contribution >= 4 is 0 Å². The van der Waals surface area contributed by atoms with Gasteiger partial charge in [-0.05, 0) is 44.9 Å². The molecule has 1 N–H and O–H groups in total. The molecule has 88 valence electrons. The smallest absolute Gasteiger partial charge is 0.0707 e. The Kier molecular flexibility index (Phi) is 3.09. The summed E-state index contributed by atoms with van der Waals surface area (Å²) in [6.45, 7) is 9.00. The molecule has 1 aliphatic carbocycles. The van der Waals surface area contributed by atoms with E-state index in [4.69, 9.17) is 4.74 Å². The summed E-state index contributed by atoms with van der Waals surface area (Å²) >= 11 is 0. The van der Waals surface area contributed by atoms with Gasteiger partial charge in [-0.3, -0.25) is 0 Å². The SMILES string of the molecule is CC1(CNCC2CCC(C)(C)O2)CCC1. The van der Waals surface area contributed by atoms with E-state index < -0.39 is 0 Å². The molecule has 1 saturated heterocycles. The molecular weight excluding hydrogens is 186 g/mol. The first-order chi connectivity index (χ1) is 6.99. The maximum atomic E-state index is 5.95. The van der Waals surface area contributed by atoms with Gasteiger partial charge in [0.05, 0.1) is 11.7 Å². The molecule has 2 aliphatic rings. The van der Waals surface area contributed by atoms with Crippen LogP contribution in [0, 0.1) is 5.41 Å². The van der Waals surface area contributed by atoms with Crippen LogP contribution < -0.4 is 5.32 Å². The van der Waals surface area contributed by atoms with E-state index in [0.717, 1.165) is 6.54 Å². The van der Waals surface area contributed by atoms with E-state index in [1.807, 2.05) is 0 Å². The van der Waals surface area contributed by atoms with Crippen molar-refractivity contribution in [1.29, 1.82) is 0 Å². The molecule has 0 amide bonds. The predicted molar refractivity (Wildman–Crippen MR) is 63.0 cm³/mol. The van der Waals surface area contributed by atoms with Gasteiger partial charge in [-0.15, -0.1) is 0 Å². The highest BCUT2D eigenvalue weighted by Crippen LogP contribution is 2.39. The zero-order chi connectivity index (χ0) is 10.9. The highest BCUT2D eigenvalue weighted by Gasteiger charge is 2.33. The fraction of sp³-hybridized carbons (Fsp3) is 1.00. The minimum atomic E-state index is 0.118. The maximum absolute atomic E-state index is 5.95. The Labute approximate surface area is 93.8 Å². The topological polar surface area (TPSA) is 21.3 Å². The highest BCUT2D eigenvalue weighted by molar-refractivity contribution is 4.87. The molecule has 0 aromatic heterocycles. The molecule has 0 radical (unpaired) electrons. The van der Waals surface area contributed by atoms with Gasteiger partial charge >= 0.3 is 0 Å². The molecule has 1 unspecified atom stereocenters. The van der Waals surface area contributed by atoms with Gasteiger partial charge in [0.2, 0.25) is 0 Å². The summed E-state index contributed by atoms with van der Waals surface area (Å²) in [6, 6.07) is 0. The number of hydrogen-bond acceptors (Lipinski definition) is 2. The lowest BCUT2D eigenvalue weighted by Crippen LogP contribution is -2.40. The van der Waals surface area contributed by atoms with Crippen molar-refractivity contribution in [2.45, 2.75) is 64.6 Å². The van der Waals surface area contributed by atoms with E-state index >= 15 is 0 Å². The van der Waals surface area contributed by atoms with Gasteiger partial charge in [0, 0.05) is 13.1 Å². The second-order valence-corrected chi connectivity index (χ2v) is 6.33. The summed E-state index contributed by atoms with van der Waals surface area (Å²) in [7, 11) is 0. The van der Waals surface area contributed by atoms with E-state index in [1.54, 1.807) is 0 Å². The number of ether oxygens (including phenoxy) is 1. The molecule has 0 aromatic carbocycles. The van der Waals surface area contributed by atoms with Crippen LogP contribution in [-0.2, 0) is 4.74 Å². The van der Waals surface area contributed by atoms with Crippen LogP contribution in [0.25, 0.3) is 0 Å². The Bertz CT molecular complexity index is 221. The van der Waals surface area contributed by atoms with Gasteiger partial charge in [-0.1, -0.05) is 13.3 Å². The highest BCUT2D eigenvalue weighted by atomic mass is 16.5. The van der Waals surface area contributed by atoms with Crippen LogP contribution in [0.15, 0.2) is 0 Å². The zero-order valence-corrected chi connectivity index (χ0v) is 10.4. The third kappa shape index (κ3) is 2.94. The zero-order valence-electron chi connectivity index (χ0n) is 10.4. The average Bonchev–Trinajstić information content (AvgIpc) is 2.43. The third-order valence-corrected chi connectivity index (χ3v) is 4.04. The van der Waals surface area contributed by atoms with Crippen molar-refractivity contribution in [3.63, 3.8) is 0 Å². The second-order valence-electron chi connectivity index (χ2n) is 6.33. The Hall–Kier alpha value is -0.0800. The summed E-state index contributed by atoms with van der Waals surface area (Å²) in [6.07, 6.45) is 7.09. The van der Waals surface area contributed by atoms with E-state index in [1.165, 1.54) is 38.6 Å². The fourth-order valence-corrected chi connectivity index (χ4v) is 2.71. The monoisotopic (exact) mass is 211 g/mol. The Morgan fingerprint density at radius 2 is 1.93 bits per heavy atom. The Balaban J connectivity index is 1.62. The Morgan fingerprint density at radius 3 is 2.40 bits per heavy atom. The van der Waals surface area contributed by atoms with Gasteiger partial charge in [-0.25, -0.2) is 0 Å². The fourth-order valence-electron chi connectivity index (χ4n) is 2.71. The molecule has 2 fully saturated rings. The molecular formula is C13H25NO. The van der Waals surface area contributed by atoms with Crippen LogP contribution in [0.5, 0.6) is 0 Å². The van der Waals surface area contributed by atoms with Gasteiger partial charge in [0.25, 0.3) is 0 Å². The molecule has 1 heterocycles. The number of rotatable bonds is 4. The van der Waals surface area contributed by atoms with E-state index in [0.29, 0.717) is 11.5 Å². The van der Waals surface area contributed by atoms with Crippen molar-refractivity contribution in [3.8, 4) is 0 Å². The number of hydrogen-bond donors (Lipinski definition) is 1. The van der Waals surface area contributed by atoms with Gasteiger partial charge < -0.3 is 10.1 Å². The first kappa shape index (κ1) is 11.4. The lowest BCUT2D eigenvalue weighted by atomic mass is 9.70. The van der Waals surface area contributed by atoms with Crippen molar-refractivity contribution in [3.05, 3.63) is 0 Å². The summed E-state index contributed by atoms with van der Waals surface area (Å²) in [4.78, 5) is 0. The van der Waals surface area contributed by atoms with Crippen LogP contribution in [0.3, 0.4) is 0 Å². The molecule has 2 heteroatoms. The summed E-state index contributed by atoms with van der Waals surface area (Å²) in [5.41, 5.74) is 0.709. The van der Waals surface area contributed by atoms with E-state index in [-0.39, 0.29) is 5.60 Å². The van der Waals surface area contributed by atoms with Crippen molar-refractivity contribution in [2.75, 3.05) is 13.1 Å². The first-order valence-electron chi connectivity index (χ1n) is 6.38. The largest absolute Gasteiger partial charge is 0.371 e. The lowest BCUT2D eigenvalue weighted by molar-refractivity contribution is -0.0157. The quantitative estimate of drug-likeness (QED) is 0.772. The first-order valence-corrected chi connectivity index (χ1v) is 6.38. The van der Waals surface area contributed by atoms with Crippen LogP contribution in [0.1, 0.15) is 52.9 Å². The molecule has 0 aromatic rings. The molecule has 2 nitrogen and oxygen atoms in total. The summed E-state index contributed by atoms with van der Waals surface area (Å²) < 4.78 is 5.95. The standard InChI is InChI=1S/C13H25NO/c1-12(2)8-5-11(15-12)9-14-10-13(3)6-4-7-13/h11,14H,4-10H2,1-3H3. The Morgan fingerprint density at radius 1 is 1.20 bits per heavy atom. The maximum Gasteiger partial charge on any atom is 0.0707 e. The van der Waals surface area contributed by atoms with Gasteiger partial charge in [0.15, 0.2) is 0 Å². The molecule has 1 aliphatic heterocycles. The minimum Gasteiger partial charge on any atom is -0.371 e. The molecule has 15 heavy (non-hydrogen) atoms. The molecule has 1 atom stereocenters. The predicted octanol–water partition coefficient (Wildman–Crippen LogP) is 2.72. The van der Waals surface area contributed by atoms with E-state index in [9.17, 15) is 0 Å². The van der Waals surface area contributed by atoms with Crippen LogP contribution in [0.2, 0.25) is 0 Å². The molecule has 0 spiro atoms. The van der Waals surface area contributed by atoms with Crippen molar-refractivity contribution < 1.29 is 4.74 Å². The van der Waals surface area contributed by atoms with Crippen LogP contribution >= 0.6 is 0 Å². The molecule has 0 bridgehead atoms. The lowest BCUT2D eigenvalue weighted by Gasteiger charge is -2.38. The third-order valence-electron chi connectivity index (χ3n) is 4.04. The summed E-state index contributed by atoms with van der Waals surface area (Å²) in [5, 5.41) is 3.58. The summed E-state index contributed by atoms with van der Waals surface area (Å²) in [5.74, 6) is 0.